The Kier molecular flexibility index (Phi) is 6.21. The lowest BCUT2D eigenvalue weighted by atomic mass is 9.81. The first-order chi connectivity index (χ1) is 12.9. The van der Waals surface area contributed by atoms with E-state index in [1.807, 2.05) is 0 Å². The Bertz CT molecular complexity index is 738. The zero-order chi connectivity index (χ0) is 19.4. The fraction of sp³-hybridized carbons (Fsp3) is 0.474. The molecule has 2 amide bonds. The zero-order valence-electron chi connectivity index (χ0n) is 14.9. The summed E-state index contributed by atoms with van der Waals surface area (Å²) in [4.78, 5) is 25.4. The number of ether oxygens (including phenoxy) is 2. The topological polar surface area (TPSA) is 67.9 Å². The van der Waals surface area contributed by atoms with Crippen LogP contribution in [0.1, 0.15) is 25.7 Å². The Morgan fingerprint density at radius 1 is 1.44 bits per heavy atom. The second kappa shape index (κ2) is 8.61. The average molecular weight is 397 g/mol. The van der Waals surface area contributed by atoms with Gasteiger partial charge in [-0.1, -0.05) is 24.6 Å². The molecule has 1 N–H and O–H groups in total. The summed E-state index contributed by atoms with van der Waals surface area (Å²) in [5.74, 6) is -0.280. The van der Waals surface area contributed by atoms with Crippen molar-refractivity contribution in [3.8, 4) is 5.75 Å². The number of hydrogen-bond donors (Lipinski definition) is 1. The summed E-state index contributed by atoms with van der Waals surface area (Å²) in [5, 5.41) is 2.67. The van der Waals surface area contributed by atoms with Crippen molar-refractivity contribution < 1.29 is 23.5 Å². The van der Waals surface area contributed by atoms with E-state index in [0.717, 1.165) is 18.9 Å². The van der Waals surface area contributed by atoms with Crippen LogP contribution in [0.4, 0.5) is 9.18 Å². The summed E-state index contributed by atoms with van der Waals surface area (Å²) in [6, 6.07) is 3.97. The second-order valence-corrected chi connectivity index (χ2v) is 7.16. The molecule has 3 rings (SSSR count). The molecule has 8 heteroatoms. The van der Waals surface area contributed by atoms with Crippen LogP contribution in [-0.4, -0.2) is 42.7 Å². The highest BCUT2D eigenvalue weighted by atomic mass is 35.5. The smallest absolute Gasteiger partial charge is 0.414 e. The van der Waals surface area contributed by atoms with Crippen molar-refractivity contribution >= 4 is 23.6 Å². The fourth-order valence-electron chi connectivity index (χ4n) is 3.05. The Hall–Kier alpha value is -2.28. The first-order valence-electron chi connectivity index (χ1n) is 8.94. The van der Waals surface area contributed by atoms with Gasteiger partial charge in [-0.05, 0) is 30.9 Å². The predicted octanol–water partition coefficient (Wildman–Crippen LogP) is 3.50. The maximum atomic E-state index is 13.3. The minimum Gasteiger partial charge on any atom is -0.484 e. The maximum Gasteiger partial charge on any atom is 0.414 e. The van der Waals surface area contributed by atoms with Crippen molar-refractivity contribution in [2.75, 3.05) is 19.7 Å². The third-order valence-corrected chi connectivity index (χ3v) is 5.20. The minimum absolute atomic E-state index is 0.00898. The van der Waals surface area contributed by atoms with E-state index in [2.05, 4.69) is 11.9 Å². The quantitative estimate of drug-likeness (QED) is 0.730. The van der Waals surface area contributed by atoms with Crippen LogP contribution in [0, 0.1) is 11.7 Å². The summed E-state index contributed by atoms with van der Waals surface area (Å²) in [7, 11) is 0. The zero-order valence-corrected chi connectivity index (χ0v) is 15.6. The second-order valence-electron chi connectivity index (χ2n) is 6.75. The molecule has 2 aliphatic rings. The van der Waals surface area contributed by atoms with Crippen LogP contribution in [-0.2, 0) is 9.53 Å². The normalized spacial score (nSPS) is 19.4. The molecule has 0 unspecified atom stereocenters. The van der Waals surface area contributed by atoms with Crippen LogP contribution in [0.5, 0.6) is 5.75 Å². The highest BCUT2D eigenvalue weighted by Crippen LogP contribution is 2.35. The molecule has 1 aromatic rings. The van der Waals surface area contributed by atoms with E-state index in [4.69, 9.17) is 21.1 Å². The van der Waals surface area contributed by atoms with Gasteiger partial charge in [-0.25, -0.2) is 9.18 Å². The molecule has 1 saturated heterocycles. The van der Waals surface area contributed by atoms with E-state index in [0.29, 0.717) is 31.1 Å². The van der Waals surface area contributed by atoms with Crippen molar-refractivity contribution in [3.63, 3.8) is 0 Å². The number of hydrogen-bond acceptors (Lipinski definition) is 4. The van der Waals surface area contributed by atoms with Gasteiger partial charge in [0.25, 0.3) is 5.91 Å². The van der Waals surface area contributed by atoms with Crippen LogP contribution in [0.25, 0.3) is 0 Å². The summed E-state index contributed by atoms with van der Waals surface area (Å²) in [5.41, 5.74) is 0.614. The van der Waals surface area contributed by atoms with E-state index in [1.54, 1.807) is 4.90 Å². The Morgan fingerprint density at radius 2 is 2.22 bits per heavy atom. The van der Waals surface area contributed by atoms with Crippen LogP contribution in [0.2, 0.25) is 5.02 Å². The number of carbonyl (C=O) groups excluding carboxylic acids is 2. The number of carbonyl (C=O) groups is 2. The molecule has 1 aliphatic heterocycles. The first-order valence-corrected chi connectivity index (χ1v) is 9.32. The molecule has 2 fully saturated rings. The standard InChI is InChI=1S/C19H22ClFN2O4/c1-12(23-10-17(27-19(23)25)13-3-2-4-13)7-8-22-18(24)11-26-14-5-6-15(20)16(21)9-14/h5-6,9,13,17H,1-4,7-8,10-11H2,(H,22,24)/t17-/m0/s1. The van der Waals surface area contributed by atoms with Crippen molar-refractivity contribution in [2.24, 2.45) is 5.92 Å². The lowest BCUT2D eigenvalue weighted by Crippen LogP contribution is -2.33. The number of cyclic esters (lactones) is 1. The molecule has 0 radical (unpaired) electrons. The van der Waals surface area contributed by atoms with Crippen molar-refractivity contribution in [2.45, 2.75) is 31.8 Å². The van der Waals surface area contributed by atoms with E-state index in [9.17, 15) is 14.0 Å². The van der Waals surface area contributed by atoms with Gasteiger partial charge in [-0.15, -0.1) is 0 Å². The molecule has 1 heterocycles. The van der Waals surface area contributed by atoms with Crippen LogP contribution < -0.4 is 10.1 Å². The summed E-state index contributed by atoms with van der Waals surface area (Å²) in [6.45, 7) is 4.52. The minimum atomic E-state index is -0.608. The van der Waals surface area contributed by atoms with Gasteiger partial charge in [0, 0.05) is 24.7 Å². The molecule has 6 nitrogen and oxygen atoms in total. The lowest BCUT2D eigenvalue weighted by Gasteiger charge is -2.29. The molecule has 0 bridgehead atoms. The van der Waals surface area contributed by atoms with Gasteiger partial charge >= 0.3 is 6.09 Å². The fourth-order valence-corrected chi connectivity index (χ4v) is 3.17. The monoisotopic (exact) mass is 396 g/mol. The van der Waals surface area contributed by atoms with Crippen molar-refractivity contribution in [3.05, 3.63) is 41.3 Å². The molecule has 1 aromatic carbocycles. The number of rotatable bonds is 8. The van der Waals surface area contributed by atoms with Crippen LogP contribution in [0.15, 0.2) is 30.5 Å². The van der Waals surface area contributed by atoms with Crippen molar-refractivity contribution in [1.29, 1.82) is 0 Å². The van der Waals surface area contributed by atoms with Gasteiger partial charge in [0.1, 0.15) is 17.7 Å². The summed E-state index contributed by atoms with van der Waals surface area (Å²) >= 11 is 5.59. The molecule has 1 atom stereocenters. The number of amides is 2. The van der Waals surface area contributed by atoms with E-state index in [1.165, 1.54) is 18.6 Å². The predicted molar refractivity (Wildman–Crippen MR) is 98.0 cm³/mol. The van der Waals surface area contributed by atoms with E-state index < -0.39 is 5.82 Å². The molecule has 1 aliphatic carbocycles. The van der Waals surface area contributed by atoms with Crippen molar-refractivity contribution in [1.82, 2.24) is 10.2 Å². The van der Waals surface area contributed by atoms with Gasteiger partial charge in [0.2, 0.25) is 0 Å². The lowest BCUT2D eigenvalue weighted by molar-refractivity contribution is -0.123. The number of nitrogens with zero attached hydrogens (tertiary/aromatic N) is 1. The number of benzene rings is 1. The van der Waals surface area contributed by atoms with Gasteiger partial charge in [0.05, 0.1) is 11.6 Å². The third kappa shape index (κ3) is 4.91. The molecule has 146 valence electrons. The Labute approximate surface area is 162 Å². The molecule has 0 spiro atoms. The summed E-state index contributed by atoms with van der Waals surface area (Å²) < 4.78 is 23.9. The highest BCUT2D eigenvalue weighted by molar-refractivity contribution is 6.30. The molecule has 1 saturated carbocycles. The SMILES string of the molecule is C=C(CCNC(=O)COc1ccc(Cl)c(F)c1)N1C[C@@H](C2CCC2)OC1=O. The first kappa shape index (κ1) is 19.5. The van der Waals surface area contributed by atoms with Gasteiger partial charge < -0.3 is 14.8 Å². The van der Waals surface area contributed by atoms with Crippen LogP contribution >= 0.6 is 11.6 Å². The number of nitrogens with one attached hydrogen (secondary N) is 1. The largest absolute Gasteiger partial charge is 0.484 e. The highest BCUT2D eigenvalue weighted by Gasteiger charge is 2.39. The summed E-state index contributed by atoms with van der Waals surface area (Å²) in [6.07, 6.45) is 3.41. The molecule has 0 aromatic heterocycles. The Morgan fingerprint density at radius 3 is 2.89 bits per heavy atom. The Balaban J connectivity index is 1.36. The van der Waals surface area contributed by atoms with Crippen LogP contribution in [0.3, 0.4) is 0 Å². The molecule has 27 heavy (non-hydrogen) atoms. The van der Waals surface area contributed by atoms with E-state index >= 15 is 0 Å². The average Bonchev–Trinajstić information content (AvgIpc) is 2.95. The number of halogens is 2. The molecular formula is C19H22ClFN2O4. The van der Waals surface area contributed by atoms with Gasteiger partial charge in [0.15, 0.2) is 6.61 Å². The van der Waals surface area contributed by atoms with Gasteiger partial charge in [-0.3, -0.25) is 9.69 Å². The van der Waals surface area contributed by atoms with Gasteiger partial charge in [-0.2, -0.15) is 0 Å². The molecular weight excluding hydrogens is 375 g/mol. The third-order valence-electron chi connectivity index (χ3n) is 4.89. The van der Waals surface area contributed by atoms with E-state index in [-0.39, 0.29) is 35.5 Å². The maximum absolute atomic E-state index is 13.3.